The van der Waals surface area contributed by atoms with Crippen LogP contribution in [0.1, 0.15) is 17.0 Å². The van der Waals surface area contributed by atoms with Crippen LogP contribution >= 0.6 is 0 Å². The molecular formula is C12H18N4O4. The summed E-state index contributed by atoms with van der Waals surface area (Å²) in [6.45, 7) is 1.36. The molecule has 1 heterocycles. The number of amides is 1. The van der Waals surface area contributed by atoms with Gasteiger partial charge in [0.25, 0.3) is 0 Å². The van der Waals surface area contributed by atoms with Crippen LogP contribution in [0.5, 0.6) is 0 Å². The number of anilines is 1. The summed E-state index contributed by atoms with van der Waals surface area (Å²) in [4.78, 5) is 30.4. The number of carbonyl (C=O) groups excluding carboxylic acids is 2. The second-order valence-electron chi connectivity index (χ2n) is 3.78. The highest BCUT2D eigenvalue weighted by Crippen LogP contribution is 2.02. The van der Waals surface area contributed by atoms with Gasteiger partial charge < -0.3 is 20.1 Å². The van der Waals surface area contributed by atoms with Crippen LogP contribution in [-0.2, 0) is 14.3 Å². The molecule has 0 fully saturated rings. The van der Waals surface area contributed by atoms with Crippen LogP contribution < -0.4 is 10.6 Å². The quantitative estimate of drug-likeness (QED) is 0.504. The van der Waals surface area contributed by atoms with Crippen LogP contribution in [0.4, 0.5) is 5.82 Å². The second kappa shape index (κ2) is 8.81. The first kappa shape index (κ1) is 15.8. The van der Waals surface area contributed by atoms with Gasteiger partial charge >= 0.3 is 5.97 Å². The lowest BCUT2D eigenvalue weighted by atomic mass is 10.4. The highest BCUT2D eigenvalue weighted by atomic mass is 16.5. The Morgan fingerprint density at radius 3 is 2.80 bits per heavy atom. The van der Waals surface area contributed by atoms with Crippen molar-refractivity contribution < 1.29 is 19.1 Å². The zero-order valence-corrected chi connectivity index (χ0v) is 11.5. The van der Waals surface area contributed by atoms with Gasteiger partial charge in [-0.3, -0.25) is 4.79 Å². The Bertz CT molecular complexity index is 453. The Morgan fingerprint density at radius 2 is 2.10 bits per heavy atom. The first-order valence-corrected chi connectivity index (χ1v) is 6.08. The van der Waals surface area contributed by atoms with Crippen molar-refractivity contribution in [2.75, 3.05) is 39.2 Å². The predicted molar refractivity (Wildman–Crippen MR) is 71.4 cm³/mol. The molecule has 20 heavy (non-hydrogen) atoms. The minimum Gasteiger partial charge on any atom is -0.463 e. The van der Waals surface area contributed by atoms with Crippen LogP contribution in [0, 0.1) is 0 Å². The molecule has 2 N–H and O–H groups in total. The van der Waals surface area contributed by atoms with E-state index in [1.807, 2.05) is 0 Å². The Morgan fingerprint density at radius 1 is 1.30 bits per heavy atom. The molecule has 0 saturated carbocycles. The van der Waals surface area contributed by atoms with E-state index in [1.165, 1.54) is 13.3 Å². The van der Waals surface area contributed by atoms with E-state index in [0.29, 0.717) is 31.9 Å². The normalized spacial score (nSPS) is 9.90. The molecule has 0 unspecified atom stereocenters. The van der Waals surface area contributed by atoms with Crippen LogP contribution in [-0.4, -0.2) is 55.8 Å². The van der Waals surface area contributed by atoms with Gasteiger partial charge in [-0.2, -0.15) is 0 Å². The standard InChI is InChI=1S/C12H18N4O4/c1-19-8-7-14-10(17)4-6-13-9-3-5-15-11(16-9)12(18)20-2/h3,5H,4,6-8H2,1-2H3,(H,14,17)(H,13,15,16). The molecule has 0 atom stereocenters. The number of ether oxygens (including phenoxy) is 2. The van der Waals surface area contributed by atoms with E-state index in [9.17, 15) is 9.59 Å². The number of carbonyl (C=O) groups is 2. The van der Waals surface area contributed by atoms with Crippen molar-refractivity contribution in [1.82, 2.24) is 15.3 Å². The fourth-order valence-corrected chi connectivity index (χ4v) is 1.33. The number of hydrogen-bond acceptors (Lipinski definition) is 7. The fourth-order valence-electron chi connectivity index (χ4n) is 1.33. The number of hydrogen-bond donors (Lipinski definition) is 2. The number of aromatic nitrogens is 2. The lowest BCUT2D eigenvalue weighted by molar-refractivity contribution is -0.121. The Balaban J connectivity index is 2.35. The monoisotopic (exact) mass is 282 g/mol. The number of methoxy groups -OCH3 is 2. The summed E-state index contributed by atoms with van der Waals surface area (Å²) in [6, 6.07) is 1.61. The molecule has 1 aromatic heterocycles. The minimum atomic E-state index is -0.606. The Hall–Kier alpha value is -2.22. The van der Waals surface area contributed by atoms with Gasteiger partial charge in [0, 0.05) is 32.8 Å². The summed E-state index contributed by atoms with van der Waals surface area (Å²) in [5.74, 6) is -0.255. The van der Waals surface area contributed by atoms with E-state index < -0.39 is 5.97 Å². The maximum Gasteiger partial charge on any atom is 0.376 e. The van der Waals surface area contributed by atoms with Crippen molar-refractivity contribution in [2.24, 2.45) is 0 Å². The average Bonchev–Trinajstić information content (AvgIpc) is 2.47. The summed E-state index contributed by atoms with van der Waals surface area (Å²) < 4.78 is 9.34. The van der Waals surface area contributed by atoms with Crippen LogP contribution in [0.25, 0.3) is 0 Å². The summed E-state index contributed by atoms with van der Waals surface area (Å²) in [6.07, 6.45) is 1.74. The number of rotatable bonds is 8. The zero-order chi connectivity index (χ0) is 14.8. The minimum absolute atomic E-state index is 0.0259. The van der Waals surface area contributed by atoms with E-state index in [4.69, 9.17) is 4.74 Å². The molecule has 110 valence electrons. The van der Waals surface area contributed by atoms with Gasteiger partial charge in [-0.05, 0) is 6.07 Å². The fraction of sp³-hybridized carbons (Fsp3) is 0.500. The second-order valence-corrected chi connectivity index (χ2v) is 3.78. The van der Waals surface area contributed by atoms with Crippen molar-refractivity contribution >= 4 is 17.7 Å². The van der Waals surface area contributed by atoms with E-state index >= 15 is 0 Å². The molecule has 8 heteroatoms. The molecule has 0 spiro atoms. The maximum atomic E-state index is 11.4. The van der Waals surface area contributed by atoms with Gasteiger partial charge in [0.05, 0.1) is 13.7 Å². The molecule has 0 bridgehead atoms. The van der Waals surface area contributed by atoms with Crippen molar-refractivity contribution in [3.05, 3.63) is 18.1 Å². The van der Waals surface area contributed by atoms with E-state index in [0.717, 1.165) is 0 Å². The largest absolute Gasteiger partial charge is 0.463 e. The maximum absolute atomic E-state index is 11.4. The SMILES string of the molecule is COCCNC(=O)CCNc1ccnc(C(=O)OC)n1. The van der Waals surface area contributed by atoms with Crippen LogP contribution in [0.15, 0.2) is 12.3 Å². The molecule has 0 aliphatic heterocycles. The Labute approximate surface area is 116 Å². The lowest BCUT2D eigenvalue weighted by Gasteiger charge is -2.07. The zero-order valence-electron chi connectivity index (χ0n) is 11.5. The molecule has 0 aromatic carbocycles. The first-order valence-electron chi connectivity index (χ1n) is 6.08. The molecule has 0 saturated heterocycles. The van der Waals surface area contributed by atoms with Gasteiger partial charge in [-0.1, -0.05) is 0 Å². The highest BCUT2D eigenvalue weighted by Gasteiger charge is 2.09. The summed E-state index contributed by atoms with van der Waals surface area (Å²) in [5, 5.41) is 5.63. The van der Waals surface area contributed by atoms with E-state index in [-0.39, 0.29) is 11.7 Å². The smallest absolute Gasteiger partial charge is 0.376 e. The molecule has 8 nitrogen and oxygen atoms in total. The van der Waals surface area contributed by atoms with E-state index in [1.54, 1.807) is 13.2 Å². The third-order valence-electron chi connectivity index (χ3n) is 2.31. The summed E-state index contributed by atoms with van der Waals surface area (Å²) in [5.41, 5.74) is 0. The van der Waals surface area contributed by atoms with Gasteiger partial charge in [0.15, 0.2) is 0 Å². The summed E-state index contributed by atoms with van der Waals surface area (Å²) >= 11 is 0. The topological polar surface area (TPSA) is 102 Å². The van der Waals surface area contributed by atoms with Crippen molar-refractivity contribution in [3.8, 4) is 0 Å². The Kier molecular flexibility index (Phi) is 6.97. The van der Waals surface area contributed by atoms with Crippen molar-refractivity contribution in [3.63, 3.8) is 0 Å². The van der Waals surface area contributed by atoms with Gasteiger partial charge in [-0.15, -0.1) is 0 Å². The third kappa shape index (κ3) is 5.61. The number of esters is 1. The predicted octanol–water partition coefficient (Wildman–Crippen LogP) is -0.172. The van der Waals surface area contributed by atoms with Gasteiger partial charge in [-0.25, -0.2) is 14.8 Å². The highest BCUT2D eigenvalue weighted by molar-refractivity contribution is 5.85. The van der Waals surface area contributed by atoms with Crippen molar-refractivity contribution in [2.45, 2.75) is 6.42 Å². The first-order chi connectivity index (χ1) is 9.67. The number of nitrogens with zero attached hydrogens (tertiary/aromatic N) is 2. The van der Waals surface area contributed by atoms with Crippen LogP contribution in [0.2, 0.25) is 0 Å². The number of nitrogens with one attached hydrogen (secondary N) is 2. The lowest BCUT2D eigenvalue weighted by Crippen LogP contribution is -2.28. The molecular weight excluding hydrogens is 264 g/mol. The molecule has 0 aliphatic carbocycles. The van der Waals surface area contributed by atoms with Crippen molar-refractivity contribution in [1.29, 1.82) is 0 Å². The summed E-state index contributed by atoms with van der Waals surface area (Å²) in [7, 11) is 2.83. The molecule has 1 rings (SSSR count). The third-order valence-corrected chi connectivity index (χ3v) is 2.31. The molecule has 1 amide bonds. The molecule has 0 aliphatic rings. The average molecular weight is 282 g/mol. The molecule has 1 aromatic rings. The van der Waals surface area contributed by atoms with E-state index in [2.05, 4.69) is 25.3 Å². The molecule has 0 radical (unpaired) electrons. The van der Waals surface area contributed by atoms with Gasteiger partial charge in [0.2, 0.25) is 11.7 Å². The van der Waals surface area contributed by atoms with Gasteiger partial charge in [0.1, 0.15) is 5.82 Å². The van der Waals surface area contributed by atoms with Crippen LogP contribution in [0.3, 0.4) is 0 Å².